The molecule has 126 valence electrons. The minimum atomic E-state index is -0.194. The maximum Gasteiger partial charge on any atom is 0.257 e. The Morgan fingerprint density at radius 2 is 1.96 bits per heavy atom. The predicted molar refractivity (Wildman–Crippen MR) is 94.3 cm³/mol. The summed E-state index contributed by atoms with van der Waals surface area (Å²) >= 11 is 4.93. The second-order valence-corrected chi connectivity index (χ2v) is 7.84. The van der Waals surface area contributed by atoms with Crippen molar-refractivity contribution in [3.8, 4) is 10.6 Å². The van der Waals surface area contributed by atoms with Crippen LogP contribution in [0.15, 0.2) is 25.0 Å². The normalized spacial score (nSPS) is 11.0. The zero-order chi connectivity index (χ0) is 17.3. The average Bonchev–Trinajstić information content (AvgIpc) is 3.21. The molecule has 0 spiro atoms. The van der Waals surface area contributed by atoms with E-state index < -0.39 is 0 Å². The molecule has 24 heavy (non-hydrogen) atoms. The van der Waals surface area contributed by atoms with Crippen LogP contribution in [0.2, 0.25) is 0 Å². The van der Waals surface area contributed by atoms with E-state index in [0.29, 0.717) is 30.0 Å². The lowest BCUT2D eigenvalue weighted by molar-refractivity contribution is 0.0953. The second kappa shape index (κ2) is 6.90. The molecule has 1 N–H and O–H groups in total. The Hall–Kier alpha value is -1.93. The maximum absolute atomic E-state index is 12.6. The number of aromatic nitrogens is 2. The Balaban J connectivity index is 1.73. The van der Waals surface area contributed by atoms with Gasteiger partial charge in [-0.2, -0.15) is 0 Å². The third-order valence-corrected chi connectivity index (χ3v) is 5.37. The first-order valence-electron chi connectivity index (χ1n) is 7.39. The van der Waals surface area contributed by atoms with E-state index in [4.69, 9.17) is 9.05 Å². The summed E-state index contributed by atoms with van der Waals surface area (Å²) in [4.78, 5) is 13.5. The molecular weight excluding hydrogens is 394 g/mol. The van der Waals surface area contributed by atoms with Gasteiger partial charge in [0.2, 0.25) is 0 Å². The fraction of sp³-hybridized carbons (Fsp3) is 0.312. The van der Waals surface area contributed by atoms with Crippen LogP contribution in [0.3, 0.4) is 0 Å². The molecule has 0 aromatic carbocycles. The Bertz CT molecular complexity index is 862. The van der Waals surface area contributed by atoms with Crippen LogP contribution in [0.1, 0.15) is 33.1 Å². The first-order valence-corrected chi connectivity index (χ1v) is 9.00. The first kappa shape index (κ1) is 16.9. The number of thiophene rings is 1. The van der Waals surface area contributed by atoms with E-state index in [-0.39, 0.29) is 5.91 Å². The standard InChI is InChI=1S/C16H16BrN3O3S/c1-8-11(9(2)22-19-8)6-7-18-16(21)14-10(3)23-20-15(14)12-4-5-13(17)24-12/h4-5H,6-7H2,1-3H3,(H,18,21). The lowest BCUT2D eigenvalue weighted by Gasteiger charge is -2.05. The third kappa shape index (κ3) is 3.29. The molecule has 0 aliphatic heterocycles. The van der Waals surface area contributed by atoms with Crippen LogP contribution in [0.4, 0.5) is 0 Å². The summed E-state index contributed by atoms with van der Waals surface area (Å²) in [6, 6.07) is 3.83. The number of rotatable bonds is 5. The van der Waals surface area contributed by atoms with Crippen molar-refractivity contribution in [1.29, 1.82) is 0 Å². The van der Waals surface area contributed by atoms with Crippen LogP contribution < -0.4 is 5.32 Å². The van der Waals surface area contributed by atoms with Crippen molar-refractivity contribution in [2.75, 3.05) is 6.54 Å². The van der Waals surface area contributed by atoms with Crippen molar-refractivity contribution in [3.63, 3.8) is 0 Å². The van der Waals surface area contributed by atoms with Gasteiger partial charge >= 0.3 is 0 Å². The summed E-state index contributed by atoms with van der Waals surface area (Å²) in [6.45, 7) is 5.99. The highest BCUT2D eigenvalue weighted by Crippen LogP contribution is 2.33. The molecule has 3 aromatic heterocycles. The minimum Gasteiger partial charge on any atom is -0.361 e. The van der Waals surface area contributed by atoms with Crippen LogP contribution in [0.5, 0.6) is 0 Å². The summed E-state index contributed by atoms with van der Waals surface area (Å²) < 4.78 is 11.3. The molecule has 8 heteroatoms. The van der Waals surface area contributed by atoms with E-state index in [1.165, 1.54) is 11.3 Å². The molecule has 0 bridgehead atoms. The van der Waals surface area contributed by atoms with E-state index in [0.717, 1.165) is 25.7 Å². The quantitative estimate of drug-likeness (QED) is 0.686. The maximum atomic E-state index is 12.6. The van der Waals surface area contributed by atoms with Crippen LogP contribution >= 0.6 is 27.3 Å². The fourth-order valence-electron chi connectivity index (χ4n) is 2.50. The topological polar surface area (TPSA) is 81.2 Å². The molecule has 0 saturated carbocycles. The molecule has 0 saturated heterocycles. The van der Waals surface area contributed by atoms with Crippen molar-refractivity contribution in [1.82, 2.24) is 15.6 Å². The fourth-order valence-corrected chi connectivity index (χ4v) is 3.87. The van der Waals surface area contributed by atoms with Gasteiger partial charge in [-0.25, -0.2) is 0 Å². The van der Waals surface area contributed by atoms with Gasteiger partial charge in [-0.3, -0.25) is 4.79 Å². The highest BCUT2D eigenvalue weighted by molar-refractivity contribution is 9.11. The van der Waals surface area contributed by atoms with Gasteiger partial charge in [-0.05, 0) is 55.3 Å². The van der Waals surface area contributed by atoms with Gasteiger partial charge in [-0.15, -0.1) is 11.3 Å². The van der Waals surface area contributed by atoms with E-state index in [9.17, 15) is 4.79 Å². The Morgan fingerprint density at radius 3 is 2.58 bits per heavy atom. The number of hydrogen-bond donors (Lipinski definition) is 1. The number of hydrogen-bond acceptors (Lipinski definition) is 6. The molecule has 1 amide bonds. The predicted octanol–water partition coefficient (Wildman–Crippen LogP) is 4.05. The zero-order valence-corrected chi connectivity index (χ0v) is 15.9. The van der Waals surface area contributed by atoms with Crippen LogP contribution in [-0.4, -0.2) is 22.8 Å². The minimum absolute atomic E-state index is 0.194. The molecule has 0 radical (unpaired) electrons. The number of carbonyl (C=O) groups excluding carboxylic acids is 1. The van der Waals surface area contributed by atoms with E-state index >= 15 is 0 Å². The molecule has 3 rings (SSSR count). The Morgan fingerprint density at radius 1 is 1.21 bits per heavy atom. The molecular formula is C16H16BrN3O3S. The molecule has 0 atom stereocenters. The molecule has 0 aliphatic rings. The molecule has 0 aliphatic carbocycles. The van der Waals surface area contributed by atoms with Gasteiger partial charge in [0, 0.05) is 12.1 Å². The zero-order valence-electron chi connectivity index (χ0n) is 13.5. The van der Waals surface area contributed by atoms with Gasteiger partial charge in [0.25, 0.3) is 5.91 Å². The summed E-state index contributed by atoms with van der Waals surface area (Å²) in [6.07, 6.45) is 0.664. The number of carbonyl (C=O) groups is 1. The summed E-state index contributed by atoms with van der Waals surface area (Å²) in [7, 11) is 0. The first-order chi connectivity index (χ1) is 11.5. The van der Waals surface area contributed by atoms with Crippen molar-refractivity contribution in [2.24, 2.45) is 0 Å². The lowest BCUT2D eigenvalue weighted by Crippen LogP contribution is -2.26. The van der Waals surface area contributed by atoms with Crippen molar-refractivity contribution < 1.29 is 13.8 Å². The monoisotopic (exact) mass is 409 g/mol. The smallest absolute Gasteiger partial charge is 0.257 e. The van der Waals surface area contributed by atoms with Gasteiger partial charge < -0.3 is 14.4 Å². The molecule has 6 nitrogen and oxygen atoms in total. The van der Waals surface area contributed by atoms with Crippen LogP contribution in [0.25, 0.3) is 10.6 Å². The third-order valence-electron chi connectivity index (χ3n) is 3.74. The summed E-state index contributed by atoms with van der Waals surface area (Å²) in [5, 5.41) is 10.9. The highest BCUT2D eigenvalue weighted by atomic mass is 79.9. The number of amides is 1. The van der Waals surface area contributed by atoms with E-state index in [2.05, 4.69) is 31.6 Å². The van der Waals surface area contributed by atoms with E-state index in [1.54, 1.807) is 6.92 Å². The largest absolute Gasteiger partial charge is 0.361 e. The van der Waals surface area contributed by atoms with Gasteiger partial charge in [0.05, 0.1) is 14.4 Å². The van der Waals surface area contributed by atoms with Crippen molar-refractivity contribution in [2.45, 2.75) is 27.2 Å². The van der Waals surface area contributed by atoms with Crippen molar-refractivity contribution in [3.05, 3.63) is 44.3 Å². The second-order valence-electron chi connectivity index (χ2n) is 5.37. The number of halogens is 1. The van der Waals surface area contributed by atoms with E-state index in [1.807, 2.05) is 26.0 Å². The Labute approximate surface area is 151 Å². The van der Waals surface area contributed by atoms with Crippen LogP contribution in [-0.2, 0) is 6.42 Å². The van der Waals surface area contributed by atoms with Gasteiger partial charge in [0.15, 0.2) is 0 Å². The molecule has 3 heterocycles. The summed E-state index contributed by atoms with van der Waals surface area (Å²) in [5.74, 6) is 1.09. The molecule has 3 aromatic rings. The van der Waals surface area contributed by atoms with Gasteiger partial charge in [0.1, 0.15) is 22.8 Å². The van der Waals surface area contributed by atoms with Crippen molar-refractivity contribution >= 4 is 33.2 Å². The lowest BCUT2D eigenvalue weighted by atomic mass is 10.1. The number of nitrogens with zero attached hydrogens (tertiary/aromatic N) is 2. The highest BCUT2D eigenvalue weighted by Gasteiger charge is 2.22. The van der Waals surface area contributed by atoms with Crippen LogP contribution in [0, 0.1) is 20.8 Å². The molecule has 0 fully saturated rings. The number of nitrogens with one attached hydrogen (secondary N) is 1. The Kier molecular flexibility index (Phi) is 4.86. The average molecular weight is 410 g/mol. The molecule has 0 unspecified atom stereocenters. The SMILES string of the molecule is Cc1noc(C)c1CCNC(=O)c1c(-c2ccc(Br)s2)noc1C. The summed E-state index contributed by atoms with van der Waals surface area (Å²) in [5.41, 5.74) is 2.92. The number of aryl methyl sites for hydroxylation is 3. The van der Waals surface area contributed by atoms with Gasteiger partial charge in [-0.1, -0.05) is 10.3 Å².